The monoisotopic (exact) mass is 494 g/mol. The number of nitrogens with zero attached hydrogens (tertiary/aromatic N) is 3. The van der Waals surface area contributed by atoms with Gasteiger partial charge in [-0.15, -0.1) is 11.3 Å². The zero-order valence-corrected chi connectivity index (χ0v) is 20.8. The molecule has 0 spiro atoms. The van der Waals surface area contributed by atoms with Gasteiger partial charge in [0.05, 0.1) is 11.4 Å². The number of thiophene rings is 1. The Morgan fingerprint density at radius 1 is 1.14 bits per heavy atom. The quantitative estimate of drug-likeness (QED) is 0.517. The predicted molar refractivity (Wildman–Crippen MR) is 134 cm³/mol. The van der Waals surface area contributed by atoms with Gasteiger partial charge in [0.1, 0.15) is 22.7 Å². The minimum atomic E-state index is -1.13. The van der Waals surface area contributed by atoms with Gasteiger partial charge < -0.3 is 10.2 Å². The number of fused-ring (bicyclic) bond motifs is 1. The third-order valence-corrected chi connectivity index (χ3v) is 8.15. The number of amides is 2. The van der Waals surface area contributed by atoms with Crippen molar-refractivity contribution < 1.29 is 14.0 Å². The van der Waals surface area contributed by atoms with Crippen LogP contribution in [0.1, 0.15) is 67.9 Å². The number of aromatic nitrogens is 2. The fourth-order valence-electron chi connectivity index (χ4n) is 5.15. The van der Waals surface area contributed by atoms with Crippen molar-refractivity contribution in [2.45, 2.75) is 76.5 Å². The molecule has 1 unspecified atom stereocenters. The van der Waals surface area contributed by atoms with Crippen LogP contribution in [0.3, 0.4) is 0 Å². The van der Waals surface area contributed by atoms with E-state index in [1.165, 1.54) is 31.4 Å². The van der Waals surface area contributed by atoms with Crippen LogP contribution in [-0.4, -0.2) is 38.1 Å². The van der Waals surface area contributed by atoms with Gasteiger partial charge in [-0.2, -0.15) is 5.10 Å². The van der Waals surface area contributed by atoms with Gasteiger partial charge in [-0.25, -0.2) is 4.39 Å². The molecule has 8 heteroatoms. The Hall–Kier alpha value is -3.00. The highest BCUT2D eigenvalue weighted by atomic mass is 32.1. The second kappa shape index (κ2) is 9.93. The van der Waals surface area contributed by atoms with Crippen molar-refractivity contribution in [3.8, 4) is 10.6 Å². The first kappa shape index (κ1) is 23.7. The number of carbonyl (C=O) groups is 2. The van der Waals surface area contributed by atoms with E-state index in [1.807, 2.05) is 24.4 Å². The van der Waals surface area contributed by atoms with Crippen LogP contribution in [0, 0.1) is 5.82 Å². The molecule has 0 radical (unpaired) electrons. The van der Waals surface area contributed by atoms with Crippen LogP contribution in [0.5, 0.6) is 0 Å². The van der Waals surface area contributed by atoms with Gasteiger partial charge in [-0.3, -0.25) is 14.3 Å². The molecule has 1 aromatic carbocycles. The number of hydrogen-bond donors (Lipinski definition) is 1. The summed E-state index contributed by atoms with van der Waals surface area (Å²) in [5.74, 6) is -0.731. The first-order valence-corrected chi connectivity index (χ1v) is 13.3. The number of hydrogen-bond acceptors (Lipinski definition) is 4. The highest BCUT2D eigenvalue weighted by molar-refractivity contribution is 7.13. The lowest BCUT2D eigenvalue weighted by atomic mass is 9.92. The van der Waals surface area contributed by atoms with Crippen LogP contribution in [0.2, 0.25) is 0 Å². The molecule has 0 saturated heterocycles. The van der Waals surface area contributed by atoms with E-state index in [2.05, 4.69) is 5.32 Å². The lowest BCUT2D eigenvalue weighted by molar-refractivity contribution is -0.134. The van der Waals surface area contributed by atoms with Gasteiger partial charge in [0.2, 0.25) is 5.91 Å². The molecule has 3 heterocycles. The lowest BCUT2D eigenvalue weighted by Crippen LogP contribution is -2.64. The van der Waals surface area contributed by atoms with Crippen molar-refractivity contribution >= 4 is 23.2 Å². The number of benzene rings is 1. The minimum absolute atomic E-state index is 0.114. The average molecular weight is 495 g/mol. The molecule has 35 heavy (non-hydrogen) atoms. The summed E-state index contributed by atoms with van der Waals surface area (Å²) in [6, 6.07) is 11.9. The summed E-state index contributed by atoms with van der Waals surface area (Å²) >= 11 is 1.56. The van der Waals surface area contributed by atoms with Crippen molar-refractivity contribution in [2.75, 3.05) is 0 Å². The summed E-state index contributed by atoms with van der Waals surface area (Å²) in [5, 5.41) is 9.95. The lowest BCUT2D eigenvalue weighted by Gasteiger charge is -2.44. The van der Waals surface area contributed by atoms with Crippen molar-refractivity contribution in [3.63, 3.8) is 0 Å². The van der Waals surface area contributed by atoms with Crippen LogP contribution in [0.4, 0.5) is 4.39 Å². The Kier molecular flexibility index (Phi) is 6.73. The van der Waals surface area contributed by atoms with E-state index < -0.39 is 5.54 Å². The second-order valence-electron chi connectivity index (χ2n) is 9.86. The Balaban J connectivity index is 1.47. The van der Waals surface area contributed by atoms with Crippen LogP contribution >= 0.6 is 11.3 Å². The molecule has 6 nitrogen and oxygen atoms in total. The summed E-state index contributed by atoms with van der Waals surface area (Å²) in [6.45, 7) is 2.30. The number of nitrogens with one attached hydrogen (secondary N) is 1. The molecular formula is C27H31FN4O2S. The van der Waals surface area contributed by atoms with Crippen LogP contribution in [0.15, 0.2) is 47.8 Å². The van der Waals surface area contributed by atoms with E-state index in [4.69, 9.17) is 5.10 Å². The van der Waals surface area contributed by atoms with Crippen LogP contribution in [0.25, 0.3) is 10.6 Å². The Morgan fingerprint density at radius 3 is 2.54 bits per heavy atom. The maximum absolute atomic E-state index is 13.8. The Morgan fingerprint density at radius 2 is 1.86 bits per heavy atom. The molecule has 2 amide bonds. The fourth-order valence-corrected chi connectivity index (χ4v) is 5.83. The number of halogens is 1. The molecule has 1 atom stereocenters. The topological polar surface area (TPSA) is 67.2 Å². The first-order valence-electron chi connectivity index (χ1n) is 12.4. The van der Waals surface area contributed by atoms with Gasteiger partial charge in [-0.1, -0.05) is 50.3 Å². The summed E-state index contributed by atoms with van der Waals surface area (Å²) in [6.07, 6.45) is 7.78. The average Bonchev–Trinajstić information content (AvgIpc) is 3.49. The predicted octanol–water partition coefficient (Wildman–Crippen LogP) is 5.39. The molecule has 184 valence electrons. The zero-order chi connectivity index (χ0) is 24.4. The normalized spacial score (nSPS) is 21.3. The molecular weight excluding hydrogens is 463 g/mol. The van der Waals surface area contributed by atoms with Gasteiger partial charge in [-0.05, 0) is 55.0 Å². The van der Waals surface area contributed by atoms with Crippen molar-refractivity contribution in [2.24, 2.45) is 0 Å². The van der Waals surface area contributed by atoms with E-state index in [0.717, 1.165) is 41.8 Å². The van der Waals surface area contributed by atoms with Gasteiger partial charge >= 0.3 is 0 Å². The minimum Gasteiger partial charge on any atom is -0.351 e. The zero-order valence-electron chi connectivity index (χ0n) is 20.0. The van der Waals surface area contributed by atoms with E-state index in [1.54, 1.807) is 39.1 Å². The smallest absolute Gasteiger partial charge is 0.273 e. The number of carbonyl (C=O) groups excluding carboxylic acids is 2. The maximum atomic E-state index is 13.8. The van der Waals surface area contributed by atoms with Crippen LogP contribution < -0.4 is 5.32 Å². The summed E-state index contributed by atoms with van der Waals surface area (Å²) < 4.78 is 15.2. The molecule has 3 aromatic rings. The number of rotatable bonds is 5. The first-order chi connectivity index (χ1) is 16.9. The van der Waals surface area contributed by atoms with Crippen molar-refractivity contribution in [1.82, 2.24) is 20.0 Å². The van der Waals surface area contributed by atoms with Gasteiger partial charge in [0.25, 0.3) is 5.91 Å². The second-order valence-corrected chi connectivity index (χ2v) is 10.8. The molecule has 1 saturated carbocycles. The molecule has 5 rings (SSSR count). The standard InChI is InChI=1S/C27H31FN4O2S/c1-27(26(34)29-21-8-5-3-2-4-6-9-21)18-32-23(16-22(30-32)24-10-7-15-35-24)25(33)31(27)17-19-11-13-20(28)14-12-19/h7,10-16,21H,2-6,8-9,17-18H2,1H3,(H,29,34). The highest BCUT2D eigenvalue weighted by Crippen LogP contribution is 2.33. The van der Waals surface area contributed by atoms with Gasteiger partial charge in [0, 0.05) is 12.6 Å². The molecule has 1 fully saturated rings. The third-order valence-electron chi connectivity index (χ3n) is 7.25. The van der Waals surface area contributed by atoms with E-state index >= 15 is 0 Å². The van der Waals surface area contributed by atoms with Crippen molar-refractivity contribution in [3.05, 3.63) is 64.9 Å². The SMILES string of the molecule is CC1(C(=O)NC2CCCCCCC2)Cn2nc(-c3cccs3)cc2C(=O)N1Cc1ccc(F)cc1. The van der Waals surface area contributed by atoms with E-state index in [9.17, 15) is 14.0 Å². The Labute approximate surface area is 209 Å². The summed E-state index contributed by atoms with van der Waals surface area (Å²) in [4.78, 5) is 30.2. The van der Waals surface area contributed by atoms with E-state index in [0.29, 0.717) is 5.69 Å². The van der Waals surface area contributed by atoms with Crippen LogP contribution in [-0.2, 0) is 17.9 Å². The fraction of sp³-hybridized carbons (Fsp3) is 0.444. The van der Waals surface area contributed by atoms with Crippen molar-refractivity contribution in [1.29, 1.82) is 0 Å². The molecule has 1 aliphatic carbocycles. The van der Waals surface area contributed by atoms with Gasteiger partial charge in [0.15, 0.2) is 0 Å². The molecule has 1 N–H and O–H groups in total. The molecule has 2 aliphatic rings. The molecule has 1 aliphatic heterocycles. The molecule has 2 aromatic heterocycles. The van der Waals surface area contributed by atoms with E-state index in [-0.39, 0.29) is 36.8 Å². The largest absolute Gasteiger partial charge is 0.351 e. The third kappa shape index (κ3) is 4.89. The Bertz CT molecular complexity index is 1180. The molecule has 0 bridgehead atoms. The maximum Gasteiger partial charge on any atom is 0.273 e. The summed E-state index contributed by atoms with van der Waals surface area (Å²) in [5.41, 5.74) is 0.845. The summed E-state index contributed by atoms with van der Waals surface area (Å²) in [7, 11) is 0. The highest BCUT2D eigenvalue weighted by Gasteiger charge is 2.48.